The molecule has 1 atom stereocenters. The van der Waals surface area contributed by atoms with Crippen LogP contribution in [0.2, 0.25) is 0 Å². The van der Waals surface area contributed by atoms with Gasteiger partial charge in [0, 0.05) is 13.1 Å². The van der Waals surface area contributed by atoms with E-state index in [-0.39, 0.29) is 17.8 Å². The highest BCUT2D eigenvalue weighted by molar-refractivity contribution is 7.14. The number of carbonyl (C=O) groups excluding carboxylic acids is 1. The summed E-state index contributed by atoms with van der Waals surface area (Å²) < 4.78 is 18.8. The molecule has 2 aromatic heterocycles. The summed E-state index contributed by atoms with van der Waals surface area (Å²) in [5.74, 6) is 0.813. The molecule has 27 heavy (non-hydrogen) atoms. The summed E-state index contributed by atoms with van der Waals surface area (Å²) in [5, 5.41) is 14.0. The first kappa shape index (κ1) is 17.7. The first-order valence-corrected chi connectivity index (χ1v) is 9.71. The number of nitrogens with zero attached hydrogens (tertiary/aromatic N) is 3. The van der Waals surface area contributed by atoms with Crippen LogP contribution >= 0.6 is 11.3 Å². The van der Waals surface area contributed by atoms with Gasteiger partial charge in [0.15, 0.2) is 0 Å². The first-order chi connectivity index (χ1) is 13.2. The Labute approximate surface area is 160 Å². The number of likely N-dealkylation sites (tertiary alicyclic amines) is 1. The van der Waals surface area contributed by atoms with Crippen LogP contribution in [-0.2, 0) is 6.42 Å². The summed E-state index contributed by atoms with van der Waals surface area (Å²) >= 11 is 1.49. The number of hydrogen-bond donors (Lipinski definition) is 1. The molecular formula is C19H19FN4O2S. The molecule has 2 amide bonds. The number of halogens is 1. The Morgan fingerprint density at radius 2 is 2.15 bits per heavy atom. The molecule has 3 heterocycles. The van der Waals surface area contributed by atoms with Crippen LogP contribution in [0.15, 0.2) is 46.2 Å². The lowest BCUT2D eigenvalue weighted by Crippen LogP contribution is -2.41. The molecule has 8 heteroatoms. The van der Waals surface area contributed by atoms with E-state index in [9.17, 15) is 9.18 Å². The zero-order valence-corrected chi connectivity index (χ0v) is 15.4. The van der Waals surface area contributed by atoms with E-state index in [1.165, 1.54) is 23.5 Å². The number of carbonyl (C=O) groups is 1. The van der Waals surface area contributed by atoms with Gasteiger partial charge in [-0.25, -0.2) is 9.18 Å². The normalized spacial score (nSPS) is 17.1. The Hall–Kier alpha value is -2.74. The van der Waals surface area contributed by atoms with Crippen molar-refractivity contribution in [2.24, 2.45) is 0 Å². The van der Waals surface area contributed by atoms with Gasteiger partial charge in [-0.3, -0.25) is 5.32 Å². The van der Waals surface area contributed by atoms with Crippen molar-refractivity contribution >= 4 is 22.4 Å². The van der Waals surface area contributed by atoms with E-state index >= 15 is 0 Å². The summed E-state index contributed by atoms with van der Waals surface area (Å²) in [6.07, 6.45) is 2.25. The van der Waals surface area contributed by atoms with Gasteiger partial charge in [-0.05, 0) is 48.1 Å². The fourth-order valence-corrected chi connectivity index (χ4v) is 3.78. The maximum atomic E-state index is 13.0. The Morgan fingerprint density at radius 3 is 2.93 bits per heavy atom. The van der Waals surface area contributed by atoms with Gasteiger partial charge in [-0.1, -0.05) is 12.1 Å². The molecule has 0 saturated carbocycles. The summed E-state index contributed by atoms with van der Waals surface area (Å²) in [7, 11) is 0. The van der Waals surface area contributed by atoms with Crippen LogP contribution in [0.4, 0.5) is 14.2 Å². The van der Waals surface area contributed by atoms with Crippen molar-refractivity contribution in [3.05, 3.63) is 64.9 Å². The van der Waals surface area contributed by atoms with E-state index in [0.717, 1.165) is 23.4 Å². The Bertz CT molecular complexity index is 895. The van der Waals surface area contributed by atoms with Gasteiger partial charge in [0.05, 0.1) is 17.3 Å². The van der Waals surface area contributed by atoms with Crippen LogP contribution < -0.4 is 5.32 Å². The maximum Gasteiger partial charge on any atom is 0.322 e. The monoisotopic (exact) mass is 386 g/mol. The largest absolute Gasteiger partial charge is 0.425 e. The minimum atomic E-state index is -0.270. The lowest BCUT2D eigenvalue weighted by atomic mass is 9.98. The molecule has 0 bridgehead atoms. The molecule has 1 N–H and O–H groups in total. The van der Waals surface area contributed by atoms with Crippen LogP contribution in [0.1, 0.15) is 36.1 Å². The highest BCUT2D eigenvalue weighted by Gasteiger charge is 2.28. The van der Waals surface area contributed by atoms with Crippen LogP contribution in [0, 0.1) is 5.82 Å². The van der Waals surface area contributed by atoms with Crippen molar-refractivity contribution in [1.29, 1.82) is 0 Å². The molecule has 1 fully saturated rings. The standard InChI is InChI=1S/C19H19FN4O2S/c20-15-7-5-13(6-8-15)11-16-22-23-18(26-16)14-3-1-9-24(12-14)19(25)21-17-4-2-10-27-17/h2,4-8,10,14H,1,3,9,11-12H2,(H,21,25). The molecule has 0 radical (unpaired) electrons. The van der Waals surface area contributed by atoms with Gasteiger partial charge in [0.2, 0.25) is 11.8 Å². The average molecular weight is 386 g/mol. The minimum Gasteiger partial charge on any atom is -0.425 e. The minimum absolute atomic E-state index is 0.0299. The molecule has 1 aromatic carbocycles. The van der Waals surface area contributed by atoms with Crippen LogP contribution in [0.5, 0.6) is 0 Å². The average Bonchev–Trinajstić information content (AvgIpc) is 3.36. The van der Waals surface area contributed by atoms with Crippen molar-refractivity contribution in [3.63, 3.8) is 0 Å². The zero-order valence-electron chi connectivity index (χ0n) is 14.6. The second kappa shape index (κ2) is 7.87. The molecule has 1 aliphatic rings. The first-order valence-electron chi connectivity index (χ1n) is 8.83. The number of benzene rings is 1. The van der Waals surface area contributed by atoms with Gasteiger partial charge in [0.1, 0.15) is 5.82 Å². The Morgan fingerprint density at radius 1 is 1.30 bits per heavy atom. The van der Waals surface area contributed by atoms with Crippen molar-refractivity contribution in [2.45, 2.75) is 25.2 Å². The third-order valence-corrected chi connectivity index (χ3v) is 5.35. The lowest BCUT2D eigenvalue weighted by molar-refractivity contribution is 0.186. The van der Waals surface area contributed by atoms with Crippen LogP contribution in [-0.4, -0.2) is 34.2 Å². The number of aromatic nitrogens is 2. The molecule has 6 nitrogen and oxygen atoms in total. The molecule has 1 unspecified atom stereocenters. The Kier molecular flexibility index (Phi) is 5.15. The van der Waals surface area contributed by atoms with Gasteiger partial charge in [-0.15, -0.1) is 21.5 Å². The molecule has 1 saturated heterocycles. The van der Waals surface area contributed by atoms with Crippen LogP contribution in [0.25, 0.3) is 0 Å². The van der Waals surface area contributed by atoms with E-state index in [2.05, 4.69) is 15.5 Å². The second-order valence-corrected chi connectivity index (χ2v) is 7.48. The van der Waals surface area contributed by atoms with E-state index in [4.69, 9.17) is 4.42 Å². The third-order valence-electron chi connectivity index (χ3n) is 4.56. The van der Waals surface area contributed by atoms with Crippen molar-refractivity contribution in [1.82, 2.24) is 15.1 Å². The zero-order chi connectivity index (χ0) is 18.6. The Balaban J connectivity index is 1.39. The number of urea groups is 1. The molecular weight excluding hydrogens is 367 g/mol. The number of thiophene rings is 1. The summed E-state index contributed by atoms with van der Waals surface area (Å²) in [6, 6.07) is 9.92. The highest BCUT2D eigenvalue weighted by Crippen LogP contribution is 2.27. The van der Waals surface area contributed by atoms with E-state index in [0.29, 0.717) is 31.3 Å². The maximum absolute atomic E-state index is 13.0. The van der Waals surface area contributed by atoms with Crippen LogP contribution in [0.3, 0.4) is 0 Å². The van der Waals surface area contributed by atoms with Gasteiger partial charge >= 0.3 is 6.03 Å². The number of hydrogen-bond acceptors (Lipinski definition) is 5. The SMILES string of the molecule is O=C(Nc1cccs1)N1CCCC(c2nnc(Cc3ccc(F)cc3)o2)C1. The van der Waals surface area contributed by atoms with E-state index in [1.54, 1.807) is 17.0 Å². The summed E-state index contributed by atoms with van der Waals surface area (Å²) in [5.41, 5.74) is 0.909. The number of nitrogens with one attached hydrogen (secondary N) is 1. The molecule has 1 aliphatic heterocycles. The van der Waals surface area contributed by atoms with Crippen molar-refractivity contribution in [2.75, 3.05) is 18.4 Å². The predicted octanol–water partition coefficient (Wildman–Crippen LogP) is 4.27. The summed E-state index contributed by atoms with van der Waals surface area (Å²) in [4.78, 5) is 14.2. The quantitative estimate of drug-likeness (QED) is 0.727. The fraction of sp³-hybridized carbons (Fsp3) is 0.316. The smallest absolute Gasteiger partial charge is 0.322 e. The second-order valence-electron chi connectivity index (χ2n) is 6.53. The predicted molar refractivity (Wildman–Crippen MR) is 100 cm³/mol. The fourth-order valence-electron chi connectivity index (χ4n) is 3.18. The lowest BCUT2D eigenvalue weighted by Gasteiger charge is -2.30. The topological polar surface area (TPSA) is 71.3 Å². The summed E-state index contributed by atoms with van der Waals surface area (Å²) in [6.45, 7) is 1.26. The van der Waals surface area contributed by atoms with Gasteiger partial charge in [0.25, 0.3) is 0 Å². The number of rotatable bonds is 4. The van der Waals surface area contributed by atoms with Gasteiger partial charge in [-0.2, -0.15) is 0 Å². The molecule has 3 aromatic rings. The van der Waals surface area contributed by atoms with Gasteiger partial charge < -0.3 is 9.32 Å². The van der Waals surface area contributed by atoms with Crippen molar-refractivity contribution in [3.8, 4) is 0 Å². The number of amides is 2. The molecule has 4 rings (SSSR count). The molecule has 140 valence electrons. The van der Waals surface area contributed by atoms with Crippen molar-refractivity contribution < 1.29 is 13.6 Å². The number of anilines is 1. The van der Waals surface area contributed by atoms with E-state index < -0.39 is 0 Å². The number of piperidine rings is 1. The third kappa shape index (κ3) is 4.33. The molecule has 0 aliphatic carbocycles. The molecule has 0 spiro atoms. The van der Waals surface area contributed by atoms with E-state index in [1.807, 2.05) is 17.5 Å². The highest BCUT2D eigenvalue weighted by atomic mass is 32.1.